The second-order valence-corrected chi connectivity index (χ2v) is 14.2. The molecule has 254 valence electrons. The second-order valence-electron chi connectivity index (χ2n) is 14.2. The molecule has 4 heteroatoms. The zero-order valence-corrected chi connectivity index (χ0v) is 29.4. The molecule has 1 spiro atoms. The van der Waals surface area contributed by atoms with Crippen LogP contribution in [-0.4, -0.2) is 11.7 Å². The van der Waals surface area contributed by atoms with Crippen LogP contribution in [0.2, 0.25) is 0 Å². The smallest absolute Gasteiger partial charge is 0.159 e. The van der Waals surface area contributed by atoms with Gasteiger partial charge < -0.3 is 10.2 Å². The largest absolute Gasteiger partial charge is 0.344 e. The average molecular weight is 691 g/mol. The molecule has 1 N–H and O–H groups in total. The standard InChI is InChI=1S/C50H34N4/c1-4-16-33(17-5-1)47-51-48(34-18-6-2-7-19-34)53-49(52-47)37-28-29-39-40-30-35-20-10-11-21-36(35)31-44(40)50(43(39)32-37)41-24-12-14-26-45(41)54(38-22-8-3-9-23-38)46-27-15-13-25-42(46)50/h1-32,47H,(H,51,52,53). The van der Waals surface area contributed by atoms with E-state index in [0.29, 0.717) is 0 Å². The van der Waals surface area contributed by atoms with Crippen molar-refractivity contribution in [1.29, 1.82) is 0 Å². The summed E-state index contributed by atoms with van der Waals surface area (Å²) in [5.41, 5.74) is 13.6. The van der Waals surface area contributed by atoms with Crippen molar-refractivity contribution in [2.75, 3.05) is 4.90 Å². The molecule has 0 saturated carbocycles. The molecular weight excluding hydrogens is 657 g/mol. The van der Waals surface area contributed by atoms with Crippen molar-refractivity contribution < 1.29 is 0 Å². The van der Waals surface area contributed by atoms with Gasteiger partial charge in [0.2, 0.25) is 0 Å². The van der Waals surface area contributed by atoms with Crippen LogP contribution in [0.1, 0.15) is 45.1 Å². The summed E-state index contributed by atoms with van der Waals surface area (Å²) < 4.78 is 0. The lowest BCUT2D eigenvalue weighted by molar-refractivity contribution is 0.674. The molecule has 1 unspecified atom stereocenters. The fourth-order valence-electron chi connectivity index (χ4n) is 8.96. The van der Waals surface area contributed by atoms with Crippen molar-refractivity contribution in [2.45, 2.75) is 11.6 Å². The van der Waals surface area contributed by atoms with Gasteiger partial charge in [-0.15, -0.1) is 0 Å². The van der Waals surface area contributed by atoms with Gasteiger partial charge in [0.25, 0.3) is 0 Å². The van der Waals surface area contributed by atoms with Gasteiger partial charge in [0.15, 0.2) is 5.84 Å². The number of anilines is 3. The number of para-hydroxylation sites is 3. The van der Waals surface area contributed by atoms with Crippen molar-refractivity contribution in [3.63, 3.8) is 0 Å². The molecular formula is C50H34N4. The summed E-state index contributed by atoms with van der Waals surface area (Å²) in [7, 11) is 0. The number of nitrogens with zero attached hydrogens (tertiary/aromatic N) is 3. The van der Waals surface area contributed by atoms with E-state index in [1.807, 2.05) is 24.3 Å². The van der Waals surface area contributed by atoms with E-state index in [9.17, 15) is 0 Å². The minimum Gasteiger partial charge on any atom is -0.344 e. The molecule has 2 heterocycles. The first kappa shape index (κ1) is 30.6. The van der Waals surface area contributed by atoms with Gasteiger partial charge in [0, 0.05) is 16.8 Å². The normalized spacial score (nSPS) is 16.1. The van der Waals surface area contributed by atoms with Crippen LogP contribution in [0.3, 0.4) is 0 Å². The average Bonchev–Trinajstić information content (AvgIpc) is 3.52. The Labute approximate surface area is 314 Å². The van der Waals surface area contributed by atoms with Crippen LogP contribution in [0, 0.1) is 0 Å². The van der Waals surface area contributed by atoms with Gasteiger partial charge in [-0.05, 0) is 92.2 Å². The summed E-state index contributed by atoms with van der Waals surface area (Å²) in [6.07, 6.45) is -0.283. The number of aliphatic imine (C=N–C) groups is 2. The Kier molecular flexibility index (Phi) is 6.80. The van der Waals surface area contributed by atoms with Crippen LogP contribution in [0.4, 0.5) is 17.1 Å². The van der Waals surface area contributed by atoms with Crippen LogP contribution >= 0.6 is 0 Å². The maximum atomic E-state index is 5.24. The van der Waals surface area contributed by atoms with E-state index in [2.05, 4.69) is 180 Å². The van der Waals surface area contributed by atoms with Crippen molar-refractivity contribution in [1.82, 2.24) is 5.32 Å². The predicted octanol–water partition coefficient (Wildman–Crippen LogP) is 11.5. The SMILES string of the molecule is c1ccc(C2=NC(c3ccccc3)NC(c3ccc4c(c3)C3(c5cc6ccccc6cc5-4)c4ccccc4N(c4ccccc4)c4ccccc43)=N2)cc1. The topological polar surface area (TPSA) is 40.0 Å². The molecule has 1 atom stereocenters. The van der Waals surface area contributed by atoms with Crippen LogP contribution in [0.15, 0.2) is 204 Å². The maximum Gasteiger partial charge on any atom is 0.159 e. The maximum absolute atomic E-state index is 5.24. The lowest BCUT2D eigenvalue weighted by Gasteiger charge is -2.45. The molecule has 8 aromatic carbocycles. The van der Waals surface area contributed by atoms with Crippen molar-refractivity contribution >= 4 is 39.5 Å². The highest BCUT2D eigenvalue weighted by molar-refractivity contribution is 6.13. The molecule has 54 heavy (non-hydrogen) atoms. The number of amidine groups is 2. The number of nitrogens with one attached hydrogen (secondary N) is 1. The monoisotopic (exact) mass is 690 g/mol. The zero-order chi connectivity index (χ0) is 35.6. The molecule has 0 fully saturated rings. The molecule has 0 amide bonds. The fourth-order valence-corrected chi connectivity index (χ4v) is 8.96. The third-order valence-corrected chi connectivity index (χ3v) is 11.3. The molecule has 8 aromatic rings. The highest BCUT2D eigenvalue weighted by Crippen LogP contribution is 2.63. The van der Waals surface area contributed by atoms with Crippen molar-refractivity contribution in [3.05, 3.63) is 233 Å². The van der Waals surface area contributed by atoms with Gasteiger partial charge in [-0.3, -0.25) is 0 Å². The molecule has 0 bridgehead atoms. The van der Waals surface area contributed by atoms with Gasteiger partial charge in [-0.2, -0.15) is 0 Å². The number of hydrogen-bond acceptors (Lipinski definition) is 4. The zero-order valence-electron chi connectivity index (χ0n) is 29.4. The Hall–Kier alpha value is -7.04. The van der Waals surface area contributed by atoms with E-state index in [1.54, 1.807) is 0 Å². The fraction of sp³-hybridized carbons (Fsp3) is 0.0400. The Morgan fingerprint density at radius 1 is 0.463 bits per heavy atom. The van der Waals surface area contributed by atoms with E-state index < -0.39 is 5.41 Å². The Morgan fingerprint density at radius 3 is 1.74 bits per heavy atom. The van der Waals surface area contributed by atoms with Crippen LogP contribution < -0.4 is 10.2 Å². The van der Waals surface area contributed by atoms with E-state index in [0.717, 1.165) is 34.0 Å². The number of hydrogen-bond donors (Lipinski definition) is 1. The summed E-state index contributed by atoms with van der Waals surface area (Å²) in [4.78, 5) is 12.8. The molecule has 0 saturated heterocycles. The summed E-state index contributed by atoms with van der Waals surface area (Å²) >= 11 is 0. The molecule has 4 nitrogen and oxygen atoms in total. The molecule has 2 aliphatic heterocycles. The van der Waals surface area contributed by atoms with Crippen LogP contribution in [0.25, 0.3) is 21.9 Å². The molecule has 1 aliphatic carbocycles. The van der Waals surface area contributed by atoms with E-state index in [-0.39, 0.29) is 6.17 Å². The Morgan fingerprint density at radius 2 is 1.04 bits per heavy atom. The first-order valence-corrected chi connectivity index (χ1v) is 18.5. The summed E-state index contributed by atoms with van der Waals surface area (Å²) in [6.45, 7) is 0. The second kappa shape index (κ2) is 12.0. The predicted molar refractivity (Wildman–Crippen MR) is 221 cm³/mol. The van der Waals surface area contributed by atoms with Gasteiger partial charge in [0.1, 0.15) is 12.0 Å². The summed E-state index contributed by atoms with van der Waals surface area (Å²) in [6, 6.07) is 69.9. The molecule has 0 aromatic heterocycles. The summed E-state index contributed by atoms with van der Waals surface area (Å²) in [5.74, 6) is 1.52. The van der Waals surface area contributed by atoms with E-state index in [4.69, 9.17) is 9.98 Å². The lowest BCUT2D eigenvalue weighted by atomic mass is 9.64. The van der Waals surface area contributed by atoms with Crippen molar-refractivity contribution in [3.8, 4) is 11.1 Å². The summed E-state index contributed by atoms with van der Waals surface area (Å²) in [5, 5.41) is 6.21. The first-order valence-electron chi connectivity index (χ1n) is 18.5. The van der Waals surface area contributed by atoms with Crippen molar-refractivity contribution in [2.24, 2.45) is 9.98 Å². The lowest BCUT2D eigenvalue weighted by Crippen LogP contribution is -2.37. The highest BCUT2D eigenvalue weighted by Gasteiger charge is 2.52. The Balaban J connectivity index is 1.19. The third-order valence-electron chi connectivity index (χ3n) is 11.3. The highest BCUT2D eigenvalue weighted by atomic mass is 15.2. The van der Waals surface area contributed by atoms with E-state index in [1.165, 1.54) is 55.5 Å². The third kappa shape index (κ3) is 4.50. The van der Waals surface area contributed by atoms with Gasteiger partial charge in [0.05, 0.1) is 16.8 Å². The minimum atomic E-state index is -0.590. The molecule has 0 radical (unpaired) electrons. The van der Waals surface area contributed by atoms with Gasteiger partial charge in [-0.1, -0.05) is 152 Å². The van der Waals surface area contributed by atoms with Crippen LogP contribution in [-0.2, 0) is 5.41 Å². The van der Waals surface area contributed by atoms with Gasteiger partial charge >= 0.3 is 0 Å². The Bertz CT molecular complexity index is 2760. The first-order chi connectivity index (χ1) is 26.8. The number of fused-ring (bicyclic) bond motifs is 10. The molecule has 11 rings (SSSR count). The van der Waals surface area contributed by atoms with Gasteiger partial charge in [-0.25, -0.2) is 9.98 Å². The number of rotatable bonds is 4. The van der Waals surface area contributed by atoms with E-state index >= 15 is 0 Å². The molecule has 3 aliphatic rings. The van der Waals surface area contributed by atoms with Crippen LogP contribution in [0.5, 0.6) is 0 Å². The minimum absolute atomic E-state index is 0.283. The quantitative estimate of drug-likeness (QED) is 0.200. The number of benzene rings is 8.